The quantitative estimate of drug-likeness (QED) is 0.796. The van der Waals surface area contributed by atoms with Crippen molar-refractivity contribution in [2.45, 2.75) is 24.4 Å². The van der Waals surface area contributed by atoms with E-state index in [9.17, 15) is 22.8 Å². The van der Waals surface area contributed by atoms with Crippen LogP contribution in [0.1, 0.15) is 18.4 Å². The number of piperidine rings is 1. The topological polar surface area (TPSA) is 81.2 Å². The highest BCUT2D eigenvalue weighted by molar-refractivity contribution is 6.07. The monoisotopic (exact) mass is 415 g/mol. The summed E-state index contributed by atoms with van der Waals surface area (Å²) in [6, 6.07) is 8.04. The number of carbonyl (C=O) groups is 3. The molecule has 2 heterocycles. The van der Waals surface area contributed by atoms with Crippen molar-refractivity contribution in [1.82, 2.24) is 9.80 Å². The van der Waals surface area contributed by atoms with E-state index in [0.717, 1.165) is 11.3 Å². The lowest BCUT2D eigenvalue weighted by molar-refractivity contribution is -0.192. The molecular weight excluding hydrogens is 391 g/mol. The summed E-state index contributed by atoms with van der Waals surface area (Å²) < 4.78 is 31.7. The first-order valence-corrected chi connectivity index (χ1v) is 9.00. The molecule has 1 N–H and O–H groups in total. The third-order valence-corrected chi connectivity index (χ3v) is 5.16. The molecule has 2 aliphatic heterocycles. The van der Waals surface area contributed by atoms with Gasteiger partial charge in [0, 0.05) is 25.8 Å². The number of hydrogen-bond acceptors (Lipinski definition) is 4. The Kier molecular flexibility index (Phi) is 6.56. The van der Waals surface area contributed by atoms with E-state index in [4.69, 9.17) is 9.90 Å². The predicted octanol–water partition coefficient (Wildman–Crippen LogP) is 1.72. The standard InChI is InChI=1S/C17H23N3O2.C2HF3O2/c1-18(2)12-15(21)20-10-8-17(9-11-20)13-6-4-5-7-14(13)19(3)16(17)22;3-2(4,5)1(6)7/h4-7H,8-12H2,1-3H3;(H,6,7). The number of likely N-dealkylation sites (N-methyl/N-ethyl adjacent to an activating group) is 2. The maximum atomic E-state index is 12.8. The van der Waals surface area contributed by atoms with Crippen LogP contribution in [-0.4, -0.2) is 79.6 Å². The van der Waals surface area contributed by atoms with Gasteiger partial charge in [-0.15, -0.1) is 0 Å². The minimum absolute atomic E-state index is 0.145. The van der Waals surface area contributed by atoms with Gasteiger partial charge in [0.2, 0.25) is 11.8 Å². The maximum absolute atomic E-state index is 12.8. The summed E-state index contributed by atoms with van der Waals surface area (Å²) >= 11 is 0. The first-order chi connectivity index (χ1) is 13.4. The summed E-state index contributed by atoms with van der Waals surface area (Å²) in [5.41, 5.74) is 1.71. The first-order valence-electron chi connectivity index (χ1n) is 9.00. The third kappa shape index (κ3) is 4.69. The molecule has 29 heavy (non-hydrogen) atoms. The molecule has 1 aromatic rings. The van der Waals surface area contributed by atoms with Gasteiger partial charge in [-0.2, -0.15) is 13.2 Å². The largest absolute Gasteiger partial charge is 0.490 e. The van der Waals surface area contributed by atoms with Crippen LogP contribution < -0.4 is 4.90 Å². The summed E-state index contributed by atoms with van der Waals surface area (Å²) in [5.74, 6) is -2.44. The van der Waals surface area contributed by atoms with E-state index in [1.165, 1.54) is 0 Å². The van der Waals surface area contributed by atoms with E-state index in [-0.39, 0.29) is 11.8 Å². The number of aliphatic carboxylic acids is 1. The second-order valence-electron chi connectivity index (χ2n) is 7.38. The lowest BCUT2D eigenvalue weighted by Gasteiger charge is -2.38. The Morgan fingerprint density at radius 1 is 1.17 bits per heavy atom. The van der Waals surface area contributed by atoms with Crippen LogP contribution in [0.4, 0.5) is 18.9 Å². The maximum Gasteiger partial charge on any atom is 0.490 e. The fourth-order valence-corrected chi connectivity index (χ4v) is 3.71. The Morgan fingerprint density at radius 3 is 2.17 bits per heavy atom. The van der Waals surface area contributed by atoms with Gasteiger partial charge in [0.05, 0.1) is 12.0 Å². The molecule has 0 bridgehead atoms. The molecule has 1 aromatic carbocycles. The average Bonchev–Trinajstić information content (AvgIpc) is 2.84. The number of nitrogens with zero attached hydrogens (tertiary/aromatic N) is 3. The van der Waals surface area contributed by atoms with E-state index in [0.29, 0.717) is 32.5 Å². The summed E-state index contributed by atoms with van der Waals surface area (Å²) in [6.45, 7) is 1.73. The second kappa shape index (κ2) is 8.40. The number of rotatable bonds is 2. The molecule has 2 aliphatic rings. The predicted molar refractivity (Wildman–Crippen MR) is 99.6 cm³/mol. The van der Waals surface area contributed by atoms with Crippen molar-refractivity contribution in [3.8, 4) is 0 Å². The zero-order chi connectivity index (χ0) is 22.0. The van der Waals surface area contributed by atoms with Gasteiger partial charge in [0.25, 0.3) is 0 Å². The van der Waals surface area contributed by atoms with Crippen molar-refractivity contribution in [2.75, 3.05) is 45.7 Å². The number of para-hydroxylation sites is 1. The Balaban J connectivity index is 0.000000370. The molecule has 10 heteroatoms. The average molecular weight is 415 g/mol. The summed E-state index contributed by atoms with van der Waals surface area (Å²) in [7, 11) is 5.64. The number of anilines is 1. The molecule has 0 radical (unpaired) electrons. The molecule has 0 aliphatic carbocycles. The van der Waals surface area contributed by atoms with Crippen molar-refractivity contribution >= 4 is 23.5 Å². The molecule has 1 fully saturated rings. The number of carbonyl (C=O) groups excluding carboxylic acids is 2. The molecule has 7 nitrogen and oxygen atoms in total. The van der Waals surface area contributed by atoms with Crippen LogP contribution in [-0.2, 0) is 19.8 Å². The van der Waals surface area contributed by atoms with E-state index in [2.05, 4.69) is 6.07 Å². The van der Waals surface area contributed by atoms with Crippen molar-refractivity contribution in [1.29, 1.82) is 0 Å². The number of alkyl halides is 3. The molecular formula is C19H24F3N3O4. The molecule has 1 spiro atoms. The molecule has 0 atom stereocenters. The van der Waals surface area contributed by atoms with Crippen molar-refractivity contribution in [3.05, 3.63) is 29.8 Å². The zero-order valence-corrected chi connectivity index (χ0v) is 16.5. The van der Waals surface area contributed by atoms with Gasteiger partial charge < -0.3 is 19.8 Å². The lowest BCUT2D eigenvalue weighted by Crippen LogP contribution is -2.51. The van der Waals surface area contributed by atoms with Gasteiger partial charge in [-0.3, -0.25) is 9.59 Å². The van der Waals surface area contributed by atoms with E-state index in [1.807, 2.05) is 49.1 Å². The fraction of sp³-hybridized carbons (Fsp3) is 0.526. The molecule has 0 unspecified atom stereocenters. The van der Waals surface area contributed by atoms with E-state index >= 15 is 0 Å². The van der Waals surface area contributed by atoms with E-state index in [1.54, 1.807) is 4.90 Å². The van der Waals surface area contributed by atoms with Crippen LogP contribution in [0.5, 0.6) is 0 Å². The fourth-order valence-electron chi connectivity index (χ4n) is 3.71. The number of benzene rings is 1. The molecule has 3 rings (SSSR count). The Hall–Kier alpha value is -2.62. The summed E-state index contributed by atoms with van der Waals surface area (Å²) in [4.78, 5) is 39.4. The van der Waals surface area contributed by atoms with Crippen molar-refractivity contribution < 1.29 is 32.7 Å². The number of hydrogen-bond donors (Lipinski definition) is 1. The number of fused-ring (bicyclic) bond motifs is 2. The number of carboxylic acids is 1. The van der Waals surface area contributed by atoms with Crippen LogP contribution in [0, 0.1) is 0 Å². The molecule has 1 saturated heterocycles. The molecule has 2 amide bonds. The minimum atomic E-state index is -5.08. The van der Waals surface area contributed by atoms with Crippen LogP contribution in [0.3, 0.4) is 0 Å². The molecule has 0 saturated carbocycles. The van der Waals surface area contributed by atoms with E-state index < -0.39 is 17.6 Å². The van der Waals surface area contributed by atoms with Gasteiger partial charge in [0.1, 0.15) is 0 Å². The van der Waals surface area contributed by atoms with Crippen LogP contribution in [0.2, 0.25) is 0 Å². The Labute approximate surface area is 166 Å². The number of carboxylic acid groups (broad SMARTS) is 1. The van der Waals surface area contributed by atoms with Crippen LogP contribution >= 0.6 is 0 Å². The Bertz CT molecular complexity index is 787. The van der Waals surface area contributed by atoms with Gasteiger partial charge >= 0.3 is 12.1 Å². The highest BCUT2D eigenvalue weighted by atomic mass is 19.4. The minimum Gasteiger partial charge on any atom is -0.475 e. The normalized spacial score (nSPS) is 17.8. The SMILES string of the molecule is CN(C)CC(=O)N1CCC2(CC1)C(=O)N(C)c1ccccc12.O=C(O)C(F)(F)F. The lowest BCUT2D eigenvalue weighted by atomic mass is 9.73. The number of halogens is 3. The zero-order valence-electron chi connectivity index (χ0n) is 16.5. The smallest absolute Gasteiger partial charge is 0.475 e. The molecule has 0 aromatic heterocycles. The summed E-state index contributed by atoms with van der Waals surface area (Å²) in [5, 5.41) is 7.12. The van der Waals surface area contributed by atoms with Gasteiger partial charge in [-0.25, -0.2) is 4.79 Å². The second-order valence-corrected chi connectivity index (χ2v) is 7.38. The van der Waals surface area contributed by atoms with Crippen LogP contribution in [0.15, 0.2) is 24.3 Å². The molecule has 160 valence electrons. The van der Waals surface area contributed by atoms with Crippen molar-refractivity contribution in [3.63, 3.8) is 0 Å². The van der Waals surface area contributed by atoms with Crippen LogP contribution in [0.25, 0.3) is 0 Å². The summed E-state index contributed by atoms with van der Waals surface area (Å²) in [6.07, 6.45) is -3.65. The Morgan fingerprint density at radius 2 is 1.69 bits per heavy atom. The van der Waals surface area contributed by atoms with Crippen molar-refractivity contribution in [2.24, 2.45) is 0 Å². The first kappa shape index (κ1) is 22.7. The van der Waals surface area contributed by atoms with Gasteiger partial charge in [0.15, 0.2) is 0 Å². The highest BCUT2D eigenvalue weighted by Crippen LogP contribution is 2.47. The van der Waals surface area contributed by atoms with Gasteiger partial charge in [-0.05, 0) is 38.6 Å². The number of amides is 2. The highest BCUT2D eigenvalue weighted by Gasteiger charge is 2.51. The third-order valence-electron chi connectivity index (χ3n) is 5.16. The number of likely N-dealkylation sites (tertiary alicyclic amines) is 1. The van der Waals surface area contributed by atoms with Gasteiger partial charge in [-0.1, -0.05) is 18.2 Å².